The number of hydrogen-bond acceptors (Lipinski definition) is 3. The number of hydrogen-bond donors (Lipinski definition) is 1. The first-order valence-corrected chi connectivity index (χ1v) is 7.40. The van der Waals surface area contributed by atoms with Crippen LogP contribution >= 0.6 is 23.6 Å². The van der Waals surface area contributed by atoms with Crippen LogP contribution in [0.1, 0.15) is 36.4 Å². The number of amides is 1. The van der Waals surface area contributed by atoms with Gasteiger partial charge in [-0.15, -0.1) is 11.3 Å². The van der Waals surface area contributed by atoms with E-state index in [0.29, 0.717) is 23.9 Å². The van der Waals surface area contributed by atoms with E-state index in [2.05, 4.69) is 13.8 Å². The van der Waals surface area contributed by atoms with Crippen molar-refractivity contribution in [2.24, 2.45) is 11.7 Å². The summed E-state index contributed by atoms with van der Waals surface area (Å²) in [4.78, 5) is 15.4. The van der Waals surface area contributed by atoms with Crippen LogP contribution in [0.3, 0.4) is 0 Å². The Morgan fingerprint density at radius 2 is 2.22 bits per heavy atom. The number of thiocarbonyl (C=S) groups is 1. The molecule has 0 aliphatic rings. The zero-order chi connectivity index (χ0) is 13.5. The monoisotopic (exact) mass is 284 g/mol. The average molecular weight is 284 g/mol. The van der Waals surface area contributed by atoms with E-state index in [-0.39, 0.29) is 5.91 Å². The maximum atomic E-state index is 12.3. The van der Waals surface area contributed by atoms with Crippen LogP contribution in [0.15, 0.2) is 17.5 Å². The van der Waals surface area contributed by atoms with E-state index in [1.807, 2.05) is 22.4 Å². The van der Waals surface area contributed by atoms with Crippen LogP contribution in [-0.2, 0) is 0 Å². The summed E-state index contributed by atoms with van der Waals surface area (Å²) in [6, 6.07) is 3.75. The molecule has 1 heterocycles. The molecule has 0 atom stereocenters. The van der Waals surface area contributed by atoms with Gasteiger partial charge in [0.15, 0.2) is 0 Å². The second kappa shape index (κ2) is 7.48. The number of rotatable bonds is 7. The van der Waals surface area contributed by atoms with Crippen LogP contribution in [0.5, 0.6) is 0 Å². The molecule has 1 rings (SSSR count). The summed E-state index contributed by atoms with van der Waals surface area (Å²) in [7, 11) is 0. The molecule has 1 aromatic rings. The van der Waals surface area contributed by atoms with Crippen molar-refractivity contribution in [2.75, 3.05) is 13.1 Å². The lowest BCUT2D eigenvalue weighted by Crippen LogP contribution is -2.34. The van der Waals surface area contributed by atoms with Gasteiger partial charge < -0.3 is 10.6 Å². The number of carbonyl (C=O) groups is 1. The lowest BCUT2D eigenvalue weighted by Gasteiger charge is -2.22. The summed E-state index contributed by atoms with van der Waals surface area (Å²) in [6.07, 6.45) is 1.58. The van der Waals surface area contributed by atoms with E-state index in [4.69, 9.17) is 18.0 Å². The summed E-state index contributed by atoms with van der Waals surface area (Å²) in [5.74, 6) is 0.662. The first kappa shape index (κ1) is 15.1. The van der Waals surface area contributed by atoms with Gasteiger partial charge in [-0.25, -0.2) is 0 Å². The molecule has 0 aliphatic carbocycles. The molecule has 0 bridgehead atoms. The third-order valence-corrected chi connectivity index (χ3v) is 3.69. The van der Waals surface area contributed by atoms with E-state index in [9.17, 15) is 4.79 Å². The molecular formula is C13H20N2OS2. The quantitative estimate of drug-likeness (QED) is 0.783. The van der Waals surface area contributed by atoms with Crippen LogP contribution in [0.2, 0.25) is 0 Å². The second-order valence-electron chi connectivity index (χ2n) is 4.67. The number of carbonyl (C=O) groups excluding carboxylic acids is 1. The Balaban J connectivity index is 2.63. The van der Waals surface area contributed by atoms with Gasteiger partial charge in [0.1, 0.15) is 0 Å². The number of nitrogens with zero attached hydrogens (tertiary/aromatic N) is 1. The molecule has 0 saturated heterocycles. The van der Waals surface area contributed by atoms with Gasteiger partial charge in [0, 0.05) is 19.5 Å². The standard InChI is InChI=1S/C13H20N2OS2/c1-10(2)5-7-15(8-6-12(14)17)13(16)11-4-3-9-18-11/h3-4,9-10H,5-8H2,1-2H3,(H2,14,17). The highest BCUT2D eigenvalue weighted by Crippen LogP contribution is 2.14. The van der Waals surface area contributed by atoms with Crippen molar-refractivity contribution in [3.05, 3.63) is 22.4 Å². The molecule has 1 aromatic heterocycles. The first-order valence-electron chi connectivity index (χ1n) is 6.11. The normalized spacial score (nSPS) is 10.6. The molecule has 18 heavy (non-hydrogen) atoms. The van der Waals surface area contributed by atoms with E-state index < -0.39 is 0 Å². The molecule has 0 spiro atoms. The fourth-order valence-corrected chi connectivity index (χ4v) is 2.31. The van der Waals surface area contributed by atoms with E-state index in [1.165, 1.54) is 11.3 Å². The summed E-state index contributed by atoms with van der Waals surface area (Å²) in [6.45, 7) is 5.68. The minimum absolute atomic E-state index is 0.0851. The number of thiophene rings is 1. The molecule has 100 valence electrons. The van der Waals surface area contributed by atoms with Crippen molar-refractivity contribution in [2.45, 2.75) is 26.7 Å². The number of nitrogens with two attached hydrogens (primary N) is 1. The molecule has 0 unspecified atom stereocenters. The highest BCUT2D eigenvalue weighted by Gasteiger charge is 2.16. The smallest absolute Gasteiger partial charge is 0.263 e. The minimum atomic E-state index is 0.0851. The Morgan fingerprint density at radius 1 is 1.50 bits per heavy atom. The third-order valence-electron chi connectivity index (χ3n) is 2.62. The molecular weight excluding hydrogens is 264 g/mol. The summed E-state index contributed by atoms with van der Waals surface area (Å²) in [5, 5.41) is 1.92. The van der Waals surface area contributed by atoms with Crippen LogP contribution in [0.25, 0.3) is 0 Å². The topological polar surface area (TPSA) is 46.3 Å². The van der Waals surface area contributed by atoms with Gasteiger partial charge >= 0.3 is 0 Å². The van der Waals surface area contributed by atoms with Gasteiger partial charge in [0.05, 0.1) is 9.87 Å². The Labute approximate surface area is 118 Å². The first-order chi connectivity index (χ1) is 8.50. The van der Waals surface area contributed by atoms with Gasteiger partial charge in [0.2, 0.25) is 0 Å². The lowest BCUT2D eigenvalue weighted by atomic mass is 10.1. The van der Waals surface area contributed by atoms with E-state index in [1.54, 1.807) is 0 Å². The van der Waals surface area contributed by atoms with Crippen LogP contribution in [-0.4, -0.2) is 28.9 Å². The molecule has 0 fully saturated rings. The van der Waals surface area contributed by atoms with Crippen LogP contribution in [0.4, 0.5) is 0 Å². The molecule has 2 N–H and O–H groups in total. The zero-order valence-corrected chi connectivity index (χ0v) is 12.5. The van der Waals surface area contributed by atoms with Crippen molar-refractivity contribution >= 4 is 34.5 Å². The average Bonchev–Trinajstić information content (AvgIpc) is 2.81. The van der Waals surface area contributed by atoms with Crippen molar-refractivity contribution < 1.29 is 4.79 Å². The maximum Gasteiger partial charge on any atom is 0.263 e. The summed E-state index contributed by atoms with van der Waals surface area (Å²) < 4.78 is 0. The maximum absolute atomic E-state index is 12.3. The molecule has 5 heteroatoms. The third kappa shape index (κ3) is 5.14. The zero-order valence-electron chi connectivity index (χ0n) is 10.9. The Hall–Kier alpha value is -0.940. The van der Waals surface area contributed by atoms with Crippen molar-refractivity contribution in [3.63, 3.8) is 0 Å². The predicted molar refractivity (Wildman–Crippen MR) is 81.1 cm³/mol. The van der Waals surface area contributed by atoms with Crippen molar-refractivity contribution in [1.29, 1.82) is 0 Å². The van der Waals surface area contributed by atoms with Crippen LogP contribution < -0.4 is 5.73 Å². The highest BCUT2D eigenvalue weighted by atomic mass is 32.1. The molecule has 1 amide bonds. The van der Waals surface area contributed by atoms with Gasteiger partial charge in [-0.1, -0.05) is 32.1 Å². The SMILES string of the molecule is CC(C)CCN(CCC(N)=S)C(=O)c1cccs1. The van der Waals surface area contributed by atoms with Crippen molar-refractivity contribution in [1.82, 2.24) is 4.90 Å². The molecule has 0 aliphatic heterocycles. The predicted octanol–water partition coefficient (Wildman–Crippen LogP) is 2.91. The minimum Gasteiger partial charge on any atom is -0.393 e. The van der Waals surface area contributed by atoms with Gasteiger partial charge in [-0.3, -0.25) is 4.79 Å². The summed E-state index contributed by atoms with van der Waals surface area (Å²) >= 11 is 6.35. The highest BCUT2D eigenvalue weighted by molar-refractivity contribution is 7.80. The fraction of sp³-hybridized carbons (Fsp3) is 0.538. The van der Waals surface area contributed by atoms with Crippen LogP contribution in [0, 0.1) is 5.92 Å². The molecule has 0 saturated carbocycles. The van der Waals surface area contributed by atoms with E-state index in [0.717, 1.165) is 17.8 Å². The second-order valence-corrected chi connectivity index (χ2v) is 6.14. The Morgan fingerprint density at radius 3 is 2.72 bits per heavy atom. The van der Waals surface area contributed by atoms with Gasteiger partial charge in [-0.2, -0.15) is 0 Å². The molecule has 0 radical (unpaired) electrons. The van der Waals surface area contributed by atoms with Gasteiger partial charge in [-0.05, 0) is 23.8 Å². The molecule has 3 nitrogen and oxygen atoms in total. The molecule has 0 aromatic carbocycles. The Bertz CT molecular complexity index is 388. The van der Waals surface area contributed by atoms with Gasteiger partial charge in [0.25, 0.3) is 5.91 Å². The lowest BCUT2D eigenvalue weighted by molar-refractivity contribution is 0.0758. The Kier molecular flexibility index (Phi) is 6.29. The van der Waals surface area contributed by atoms with E-state index >= 15 is 0 Å². The summed E-state index contributed by atoms with van der Waals surface area (Å²) in [5.41, 5.74) is 5.51. The van der Waals surface area contributed by atoms with Crippen molar-refractivity contribution in [3.8, 4) is 0 Å². The fourth-order valence-electron chi connectivity index (χ4n) is 1.53. The largest absolute Gasteiger partial charge is 0.393 e.